The average Bonchev–Trinajstić information content (AvgIpc) is 3.13. The Labute approximate surface area is 201 Å². The average molecular weight is 475 g/mol. The first-order valence-corrected chi connectivity index (χ1v) is 11.6. The van der Waals surface area contributed by atoms with Crippen LogP contribution in [0.5, 0.6) is 5.75 Å². The summed E-state index contributed by atoms with van der Waals surface area (Å²) in [4.78, 5) is 13.1. The van der Waals surface area contributed by atoms with Gasteiger partial charge in [0.2, 0.25) is 0 Å². The molecule has 0 fully saturated rings. The maximum absolute atomic E-state index is 14.7. The van der Waals surface area contributed by atoms with Gasteiger partial charge in [0.05, 0.1) is 11.3 Å². The van der Waals surface area contributed by atoms with Gasteiger partial charge in [-0.3, -0.25) is 4.79 Å². The van der Waals surface area contributed by atoms with Crippen molar-refractivity contribution < 1.29 is 18.3 Å². The van der Waals surface area contributed by atoms with Crippen LogP contribution < -0.4 is 10.1 Å². The smallest absolute Gasteiger partial charge is 0.259 e. The minimum Gasteiger partial charge on any atom is -0.488 e. The molecule has 8 heteroatoms. The van der Waals surface area contributed by atoms with Gasteiger partial charge in [-0.05, 0) is 60.9 Å². The van der Waals surface area contributed by atoms with E-state index in [1.165, 1.54) is 18.2 Å². The third-order valence-corrected chi connectivity index (χ3v) is 6.02. The topological polar surface area (TPSA) is 69.0 Å². The Bertz CT molecular complexity index is 1350. The molecule has 4 aromatic rings. The fraction of sp³-hybridized carbons (Fsp3) is 0.222. The van der Waals surface area contributed by atoms with Crippen molar-refractivity contribution in [3.63, 3.8) is 0 Å². The number of halogens is 2. The second-order valence-corrected chi connectivity index (χ2v) is 8.46. The molecule has 1 aliphatic heterocycles. The van der Waals surface area contributed by atoms with Crippen LogP contribution >= 0.6 is 0 Å². The summed E-state index contributed by atoms with van der Waals surface area (Å²) in [5.41, 5.74) is 1.75. The molecule has 0 unspecified atom stereocenters. The van der Waals surface area contributed by atoms with Crippen molar-refractivity contribution in [3.05, 3.63) is 95.3 Å². The first-order valence-electron chi connectivity index (χ1n) is 11.6. The zero-order chi connectivity index (χ0) is 24.2. The van der Waals surface area contributed by atoms with Crippen molar-refractivity contribution in [1.82, 2.24) is 14.8 Å². The summed E-state index contributed by atoms with van der Waals surface area (Å²) in [5, 5.41) is 11.3. The van der Waals surface area contributed by atoms with Gasteiger partial charge in [0, 0.05) is 18.5 Å². The minimum atomic E-state index is -0.553. The van der Waals surface area contributed by atoms with Crippen molar-refractivity contribution in [2.45, 2.75) is 38.8 Å². The molecule has 35 heavy (non-hydrogen) atoms. The number of hydrogen-bond acceptors (Lipinski definition) is 4. The van der Waals surface area contributed by atoms with Gasteiger partial charge in [0.25, 0.3) is 5.91 Å². The molecule has 0 bridgehead atoms. The fourth-order valence-corrected chi connectivity index (χ4v) is 4.17. The monoisotopic (exact) mass is 474 g/mol. The molecule has 0 saturated carbocycles. The fourth-order valence-electron chi connectivity index (χ4n) is 4.17. The number of anilines is 1. The second kappa shape index (κ2) is 10.0. The Kier molecular flexibility index (Phi) is 6.52. The Morgan fingerprint density at radius 2 is 1.80 bits per heavy atom. The van der Waals surface area contributed by atoms with E-state index in [4.69, 9.17) is 4.74 Å². The van der Waals surface area contributed by atoms with Gasteiger partial charge >= 0.3 is 0 Å². The Morgan fingerprint density at radius 1 is 0.971 bits per heavy atom. The molecule has 2 heterocycles. The molecule has 5 rings (SSSR count). The Balaban J connectivity index is 1.36. The molecular formula is C27H24F2N4O2. The minimum absolute atomic E-state index is 0.0480. The van der Waals surface area contributed by atoms with E-state index in [9.17, 15) is 13.6 Å². The molecule has 178 valence electrons. The number of amides is 1. The lowest BCUT2D eigenvalue weighted by Gasteiger charge is -2.13. The van der Waals surface area contributed by atoms with Crippen molar-refractivity contribution in [2.24, 2.45) is 0 Å². The predicted octanol–water partition coefficient (Wildman–Crippen LogP) is 5.78. The van der Waals surface area contributed by atoms with Crippen LogP contribution in [0, 0.1) is 11.6 Å². The second-order valence-electron chi connectivity index (χ2n) is 8.46. The largest absolute Gasteiger partial charge is 0.488 e. The van der Waals surface area contributed by atoms with Gasteiger partial charge in [0.15, 0.2) is 5.82 Å². The normalized spacial score (nSPS) is 13.1. The number of benzene rings is 3. The highest BCUT2D eigenvalue weighted by atomic mass is 19.1. The standard InChI is InChI=1S/C27H24F2N4O2/c28-20-12-9-18(10-13-20)17-35-24-7-4-3-6-21(24)27(34)30-23-16-19(11-14-22(23)29)26-32-31-25-8-2-1-5-15-33(25)26/h3-4,6-7,9-14,16H,1-2,5,8,15,17H2,(H,30,34). The van der Waals surface area contributed by atoms with Crippen LogP contribution in [0.3, 0.4) is 0 Å². The molecule has 1 aromatic heterocycles. The SMILES string of the molecule is O=C(Nc1cc(-c2nnc3n2CCCCC3)ccc1F)c1ccccc1OCc1ccc(F)cc1. The number of carbonyl (C=O) groups excluding carboxylic acids is 1. The van der Waals surface area contributed by atoms with Gasteiger partial charge in [-0.15, -0.1) is 10.2 Å². The zero-order valence-corrected chi connectivity index (χ0v) is 19.0. The first-order chi connectivity index (χ1) is 17.1. The van der Waals surface area contributed by atoms with Crippen LogP contribution in [0.4, 0.5) is 14.5 Å². The predicted molar refractivity (Wildman–Crippen MR) is 128 cm³/mol. The van der Waals surface area contributed by atoms with E-state index < -0.39 is 11.7 Å². The number of aryl methyl sites for hydroxylation is 1. The molecule has 0 radical (unpaired) electrons. The van der Waals surface area contributed by atoms with E-state index in [1.54, 1.807) is 48.5 Å². The van der Waals surface area contributed by atoms with E-state index >= 15 is 0 Å². The molecule has 0 aliphatic carbocycles. The highest BCUT2D eigenvalue weighted by Crippen LogP contribution is 2.28. The van der Waals surface area contributed by atoms with Crippen LogP contribution in [0.1, 0.15) is 41.0 Å². The summed E-state index contributed by atoms with van der Waals surface area (Å²) in [6.45, 7) is 0.974. The summed E-state index contributed by atoms with van der Waals surface area (Å²) in [7, 11) is 0. The quantitative estimate of drug-likeness (QED) is 0.385. The molecule has 0 saturated heterocycles. The van der Waals surface area contributed by atoms with Gasteiger partial charge in [0.1, 0.15) is 29.8 Å². The summed E-state index contributed by atoms with van der Waals surface area (Å²) >= 11 is 0. The van der Waals surface area contributed by atoms with Crippen molar-refractivity contribution in [3.8, 4) is 17.1 Å². The van der Waals surface area contributed by atoms with Gasteiger partial charge in [-0.1, -0.05) is 30.7 Å². The molecule has 0 spiro atoms. The van der Waals surface area contributed by atoms with Crippen LogP contribution in [-0.2, 0) is 19.6 Å². The molecule has 1 N–H and O–H groups in total. The van der Waals surface area contributed by atoms with E-state index in [0.717, 1.165) is 43.6 Å². The molecule has 0 atom stereocenters. The number of ether oxygens (including phenoxy) is 1. The Hall–Kier alpha value is -4.07. The number of carbonyl (C=O) groups is 1. The molecule has 6 nitrogen and oxygen atoms in total. The van der Waals surface area contributed by atoms with E-state index in [-0.39, 0.29) is 23.7 Å². The van der Waals surface area contributed by atoms with Crippen molar-refractivity contribution >= 4 is 11.6 Å². The third-order valence-electron chi connectivity index (χ3n) is 6.02. The van der Waals surface area contributed by atoms with Crippen molar-refractivity contribution in [1.29, 1.82) is 0 Å². The Morgan fingerprint density at radius 3 is 2.66 bits per heavy atom. The van der Waals surface area contributed by atoms with E-state index in [0.29, 0.717) is 17.1 Å². The first kappa shape index (κ1) is 22.7. The number of nitrogens with one attached hydrogen (secondary N) is 1. The zero-order valence-electron chi connectivity index (χ0n) is 19.0. The van der Waals surface area contributed by atoms with E-state index in [2.05, 4.69) is 20.1 Å². The lowest BCUT2D eigenvalue weighted by molar-refractivity contribution is 0.102. The molecule has 1 aliphatic rings. The highest BCUT2D eigenvalue weighted by molar-refractivity contribution is 6.06. The summed E-state index contributed by atoms with van der Waals surface area (Å²) in [6.07, 6.45) is 4.12. The molecule has 1 amide bonds. The van der Waals surface area contributed by atoms with Crippen LogP contribution in [0.25, 0.3) is 11.4 Å². The summed E-state index contributed by atoms with van der Waals surface area (Å²) < 4.78 is 35.7. The lowest BCUT2D eigenvalue weighted by atomic mass is 10.1. The number of aromatic nitrogens is 3. The van der Waals surface area contributed by atoms with Crippen LogP contribution in [0.2, 0.25) is 0 Å². The molecule has 3 aromatic carbocycles. The number of rotatable bonds is 6. The van der Waals surface area contributed by atoms with Crippen LogP contribution in [0.15, 0.2) is 66.7 Å². The number of fused-ring (bicyclic) bond motifs is 1. The summed E-state index contributed by atoms with van der Waals surface area (Å²) in [6, 6.07) is 17.2. The number of para-hydroxylation sites is 1. The lowest BCUT2D eigenvalue weighted by Crippen LogP contribution is -2.15. The van der Waals surface area contributed by atoms with Gasteiger partial charge < -0.3 is 14.6 Å². The number of hydrogen-bond donors (Lipinski definition) is 1. The van der Waals surface area contributed by atoms with E-state index in [1.807, 2.05) is 0 Å². The van der Waals surface area contributed by atoms with Crippen molar-refractivity contribution in [2.75, 3.05) is 5.32 Å². The van der Waals surface area contributed by atoms with Gasteiger partial charge in [-0.25, -0.2) is 8.78 Å². The maximum Gasteiger partial charge on any atom is 0.259 e. The third kappa shape index (κ3) is 5.06. The molecular weight excluding hydrogens is 450 g/mol. The van der Waals surface area contributed by atoms with Crippen LogP contribution in [-0.4, -0.2) is 20.7 Å². The highest BCUT2D eigenvalue weighted by Gasteiger charge is 2.19. The summed E-state index contributed by atoms with van der Waals surface area (Å²) in [5.74, 6) is 0.548. The number of nitrogens with zero attached hydrogens (tertiary/aromatic N) is 3. The van der Waals surface area contributed by atoms with Gasteiger partial charge in [-0.2, -0.15) is 0 Å². The maximum atomic E-state index is 14.7.